The van der Waals surface area contributed by atoms with Gasteiger partial charge in [-0.25, -0.2) is 13.2 Å². The summed E-state index contributed by atoms with van der Waals surface area (Å²) in [6.45, 7) is 1.69. The second-order valence-electron chi connectivity index (χ2n) is 5.85. The fourth-order valence-electron chi connectivity index (χ4n) is 2.42. The van der Waals surface area contributed by atoms with Crippen molar-refractivity contribution in [2.45, 2.75) is 13.0 Å². The second-order valence-corrected chi connectivity index (χ2v) is 5.85. The highest BCUT2D eigenvalue weighted by Gasteiger charge is 2.17. The molecule has 0 aliphatic carbocycles. The van der Waals surface area contributed by atoms with Gasteiger partial charge in [0.1, 0.15) is 11.6 Å². The minimum Gasteiger partial charge on any atom is -0.493 e. The third kappa shape index (κ3) is 4.99. The minimum atomic E-state index is -1.66. The molecule has 0 bridgehead atoms. The molecule has 0 spiro atoms. The summed E-state index contributed by atoms with van der Waals surface area (Å²) in [6.07, 6.45) is 0.909. The lowest BCUT2D eigenvalue weighted by molar-refractivity contribution is -0.117. The molecular weight excluding hydrogens is 387 g/mol. The maximum absolute atomic E-state index is 13.7. The average molecular weight is 405 g/mol. The topological polar surface area (TPSA) is 83.4 Å². The predicted molar refractivity (Wildman–Crippen MR) is 99.7 cm³/mol. The summed E-state index contributed by atoms with van der Waals surface area (Å²) in [7, 11) is 2.97. The lowest BCUT2D eigenvalue weighted by Gasteiger charge is -2.16. The molecule has 0 fully saturated rings. The first-order valence-electron chi connectivity index (χ1n) is 8.35. The first-order chi connectivity index (χ1) is 13.8. The van der Waals surface area contributed by atoms with Crippen LogP contribution in [-0.2, 0) is 4.79 Å². The van der Waals surface area contributed by atoms with Crippen LogP contribution in [0.1, 0.15) is 18.5 Å². The predicted octanol–water partition coefficient (Wildman–Crippen LogP) is 3.82. The number of anilines is 1. The fourth-order valence-corrected chi connectivity index (χ4v) is 2.42. The summed E-state index contributed by atoms with van der Waals surface area (Å²) in [6, 6.07) is 7.90. The number of nitrogens with one attached hydrogen (secondary N) is 2. The summed E-state index contributed by atoms with van der Waals surface area (Å²) < 4.78 is 50.3. The van der Waals surface area contributed by atoms with E-state index in [0.717, 1.165) is 18.3 Å². The quantitative estimate of drug-likeness (QED) is 0.416. The second kappa shape index (κ2) is 9.50. The van der Waals surface area contributed by atoms with Gasteiger partial charge >= 0.3 is 0 Å². The van der Waals surface area contributed by atoms with Crippen LogP contribution in [0.2, 0.25) is 0 Å². The lowest BCUT2D eigenvalue weighted by Crippen LogP contribution is -2.28. The Morgan fingerprint density at radius 3 is 2.41 bits per heavy atom. The van der Waals surface area contributed by atoms with E-state index in [1.165, 1.54) is 14.2 Å². The van der Waals surface area contributed by atoms with Gasteiger partial charge in [0, 0.05) is 6.20 Å². The Morgan fingerprint density at radius 1 is 1.10 bits per heavy atom. The molecule has 2 aromatic carbocycles. The number of nitriles is 1. The summed E-state index contributed by atoms with van der Waals surface area (Å²) in [4.78, 5) is 12.3. The summed E-state index contributed by atoms with van der Waals surface area (Å²) in [5, 5.41) is 14.1. The van der Waals surface area contributed by atoms with E-state index >= 15 is 0 Å². The Bertz CT molecular complexity index is 987. The molecule has 0 heterocycles. The zero-order chi connectivity index (χ0) is 21.6. The Morgan fingerprint density at radius 2 is 1.79 bits per heavy atom. The smallest absolute Gasteiger partial charge is 0.263 e. The molecule has 2 rings (SSSR count). The Labute approximate surface area is 165 Å². The highest BCUT2D eigenvalue weighted by molar-refractivity contribution is 5.97. The van der Waals surface area contributed by atoms with Crippen molar-refractivity contribution >= 4 is 11.6 Å². The number of methoxy groups -OCH3 is 2. The van der Waals surface area contributed by atoms with Crippen LogP contribution in [0.25, 0.3) is 0 Å². The summed E-state index contributed by atoms with van der Waals surface area (Å²) in [5.74, 6) is -4.22. The first kappa shape index (κ1) is 21.6. The van der Waals surface area contributed by atoms with Crippen LogP contribution in [0.4, 0.5) is 18.9 Å². The summed E-state index contributed by atoms with van der Waals surface area (Å²) in [5.41, 5.74) is -0.119. The van der Waals surface area contributed by atoms with Gasteiger partial charge in [0.25, 0.3) is 5.91 Å². The molecule has 1 amide bonds. The Hall–Kier alpha value is -3.67. The van der Waals surface area contributed by atoms with Crippen molar-refractivity contribution in [2.24, 2.45) is 0 Å². The van der Waals surface area contributed by atoms with Crippen molar-refractivity contribution in [2.75, 3.05) is 19.5 Å². The van der Waals surface area contributed by atoms with Gasteiger partial charge in [-0.1, -0.05) is 6.07 Å². The Kier molecular flexibility index (Phi) is 7.09. The number of halogens is 3. The third-order valence-corrected chi connectivity index (χ3v) is 4.03. The third-order valence-electron chi connectivity index (χ3n) is 4.03. The highest BCUT2D eigenvalue weighted by Crippen LogP contribution is 2.30. The van der Waals surface area contributed by atoms with E-state index in [2.05, 4.69) is 10.6 Å². The highest BCUT2D eigenvalue weighted by atomic mass is 19.2. The molecule has 0 aliphatic rings. The maximum Gasteiger partial charge on any atom is 0.263 e. The molecule has 0 aromatic heterocycles. The van der Waals surface area contributed by atoms with Crippen LogP contribution in [-0.4, -0.2) is 20.1 Å². The van der Waals surface area contributed by atoms with Crippen LogP contribution in [0.5, 0.6) is 11.5 Å². The average Bonchev–Trinajstić information content (AvgIpc) is 2.73. The number of hydrogen-bond acceptors (Lipinski definition) is 5. The van der Waals surface area contributed by atoms with Crippen LogP contribution >= 0.6 is 0 Å². The van der Waals surface area contributed by atoms with E-state index in [9.17, 15) is 23.2 Å². The van der Waals surface area contributed by atoms with E-state index < -0.39 is 35.1 Å². The van der Waals surface area contributed by atoms with Gasteiger partial charge in [-0.3, -0.25) is 4.79 Å². The number of hydrogen-bond donors (Lipinski definition) is 2. The van der Waals surface area contributed by atoms with E-state index in [-0.39, 0.29) is 5.57 Å². The number of carbonyl (C=O) groups is 1. The minimum absolute atomic E-state index is 0.388. The SMILES string of the molecule is COc1ccc(C(C)NC(=O)/C(C#N)=C\Nc2ccc(F)c(F)c2F)cc1OC. The van der Waals surface area contributed by atoms with E-state index in [4.69, 9.17) is 9.47 Å². The van der Waals surface area contributed by atoms with Crippen LogP contribution in [0.15, 0.2) is 42.1 Å². The van der Waals surface area contributed by atoms with Gasteiger partial charge in [0.05, 0.1) is 25.9 Å². The molecule has 152 valence electrons. The van der Waals surface area contributed by atoms with Crippen molar-refractivity contribution < 1.29 is 27.4 Å². The lowest BCUT2D eigenvalue weighted by atomic mass is 10.1. The summed E-state index contributed by atoms with van der Waals surface area (Å²) >= 11 is 0. The van der Waals surface area contributed by atoms with Gasteiger partial charge in [0.15, 0.2) is 29.0 Å². The van der Waals surface area contributed by atoms with Crippen LogP contribution in [0, 0.1) is 28.8 Å². The fraction of sp³-hybridized carbons (Fsp3) is 0.200. The number of ether oxygens (including phenoxy) is 2. The first-order valence-corrected chi connectivity index (χ1v) is 8.35. The number of carbonyl (C=O) groups excluding carboxylic acids is 1. The molecule has 0 saturated heterocycles. The van der Waals surface area contributed by atoms with Crippen molar-refractivity contribution in [3.8, 4) is 17.6 Å². The molecule has 29 heavy (non-hydrogen) atoms. The standard InChI is InChI=1S/C20H18F3N3O3/c1-11(12-4-7-16(28-2)17(8-12)29-3)26-20(27)13(9-24)10-25-15-6-5-14(21)18(22)19(15)23/h4-8,10-11,25H,1-3H3,(H,26,27)/b13-10-. The zero-order valence-electron chi connectivity index (χ0n) is 15.8. The molecule has 0 aliphatic heterocycles. The van der Waals surface area contributed by atoms with Gasteiger partial charge in [-0.05, 0) is 36.8 Å². The number of rotatable bonds is 7. The number of benzene rings is 2. The molecule has 0 radical (unpaired) electrons. The molecule has 2 N–H and O–H groups in total. The van der Waals surface area contributed by atoms with Gasteiger partial charge in [-0.2, -0.15) is 5.26 Å². The largest absolute Gasteiger partial charge is 0.493 e. The van der Waals surface area contributed by atoms with E-state index in [1.54, 1.807) is 31.2 Å². The van der Waals surface area contributed by atoms with E-state index in [0.29, 0.717) is 17.1 Å². The van der Waals surface area contributed by atoms with Gasteiger partial charge < -0.3 is 20.1 Å². The van der Waals surface area contributed by atoms with E-state index in [1.807, 2.05) is 0 Å². The molecule has 6 nitrogen and oxygen atoms in total. The molecule has 9 heteroatoms. The monoisotopic (exact) mass is 405 g/mol. The molecular formula is C20H18F3N3O3. The van der Waals surface area contributed by atoms with Crippen molar-refractivity contribution in [1.29, 1.82) is 5.26 Å². The van der Waals surface area contributed by atoms with Crippen molar-refractivity contribution in [1.82, 2.24) is 5.32 Å². The normalized spacial score (nSPS) is 12.0. The van der Waals surface area contributed by atoms with Gasteiger partial charge in [-0.15, -0.1) is 0 Å². The van der Waals surface area contributed by atoms with Crippen LogP contribution in [0.3, 0.4) is 0 Å². The van der Waals surface area contributed by atoms with Crippen molar-refractivity contribution in [3.63, 3.8) is 0 Å². The molecule has 1 unspecified atom stereocenters. The van der Waals surface area contributed by atoms with Gasteiger partial charge in [0.2, 0.25) is 0 Å². The van der Waals surface area contributed by atoms with Crippen molar-refractivity contribution in [3.05, 3.63) is 65.1 Å². The molecule has 2 aromatic rings. The molecule has 0 saturated carbocycles. The maximum atomic E-state index is 13.7. The van der Waals surface area contributed by atoms with Crippen LogP contribution < -0.4 is 20.1 Å². The number of nitrogens with zero attached hydrogens (tertiary/aromatic N) is 1. The molecule has 1 atom stereocenters. The number of amides is 1. The zero-order valence-corrected chi connectivity index (χ0v) is 15.8. The Balaban J connectivity index is 2.14.